The summed E-state index contributed by atoms with van der Waals surface area (Å²) in [5.41, 5.74) is 0.989. The first kappa shape index (κ1) is 15.3. The fourth-order valence-corrected chi connectivity index (χ4v) is 2.61. The minimum Gasteiger partial charge on any atom is -0.487 e. The molecular formula is C17H20N4O2. The molecule has 23 heavy (non-hydrogen) atoms. The topological polar surface area (TPSA) is 67.4 Å². The van der Waals surface area contributed by atoms with Gasteiger partial charge < -0.3 is 15.0 Å². The van der Waals surface area contributed by atoms with Gasteiger partial charge in [0.15, 0.2) is 0 Å². The summed E-state index contributed by atoms with van der Waals surface area (Å²) in [4.78, 5) is 22.2. The van der Waals surface area contributed by atoms with E-state index in [2.05, 4.69) is 15.3 Å². The van der Waals surface area contributed by atoms with Crippen molar-refractivity contribution < 1.29 is 9.53 Å². The van der Waals surface area contributed by atoms with Crippen molar-refractivity contribution in [2.75, 3.05) is 13.1 Å². The lowest BCUT2D eigenvalue weighted by Gasteiger charge is -2.21. The predicted molar refractivity (Wildman–Crippen MR) is 86.0 cm³/mol. The van der Waals surface area contributed by atoms with Crippen LogP contribution in [0.1, 0.15) is 24.9 Å². The average molecular weight is 312 g/mol. The van der Waals surface area contributed by atoms with Gasteiger partial charge in [-0.05, 0) is 30.7 Å². The number of amides is 2. The van der Waals surface area contributed by atoms with Crippen LogP contribution in [-0.2, 0) is 0 Å². The highest BCUT2D eigenvalue weighted by atomic mass is 16.5. The van der Waals surface area contributed by atoms with Crippen LogP contribution in [0.15, 0.2) is 49.1 Å². The van der Waals surface area contributed by atoms with E-state index in [0.29, 0.717) is 13.1 Å². The Kier molecular flexibility index (Phi) is 4.71. The molecule has 6 heteroatoms. The summed E-state index contributed by atoms with van der Waals surface area (Å²) in [5, 5.41) is 3.00. The molecule has 2 aromatic rings. The van der Waals surface area contributed by atoms with E-state index in [9.17, 15) is 4.79 Å². The fraction of sp³-hybridized carbons (Fsp3) is 0.353. The molecule has 0 spiro atoms. The Morgan fingerprint density at radius 1 is 1.30 bits per heavy atom. The number of hydrogen-bond acceptors (Lipinski definition) is 4. The summed E-state index contributed by atoms with van der Waals surface area (Å²) in [6.07, 6.45) is 7.72. The molecule has 0 saturated carbocycles. The molecule has 2 atom stereocenters. The number of nitrogens with zero attached hydrogens (tertiary/aromatic N) is 3. The van der Waals surface area contributed by atoms with Crippen molar-refractivity contribution in [1.29, 1.82) is 0 Å². The zero-order valence-electron chi connectivity index (χ0n) is 13.1. The van der Waals surface area contributed by atoms with Gasteiger partial charge in [0.05, 0.1) is 18.8 Å². The molecular weight excluding hydrogens is 292 g/mol. The zero-order valence-corrected chi connectivity index (χ0v) is 13.1. The second-order valence-corrected chi connectivity index (χ2v) is 5.62. The Morgan fingerprint density at radius 2 is 2.09 bits per heavy atom. The standard InChI is InChI=1S/C17H20N4O2/c1-13(14-4-2-7-18-10-14)20-17(22)21-9-6-16(12-21)23-15-5-3-8-19-11-15/h2-5,7-8,10-11,13,16H,6,9,12H2,1H3,(H,20,22)/t13-,16-/m1/s1. The Hall–Kier alpha value is -2.63. The van der Waals surface area contributed by atoms with Gasteiger partial charge in [-0.25, -0.2) is 4.79 Å². The maximum absolute atomic E-state index is 12.4. The van der Waals surface area contributed by atoms with Gasteiger partial charge >= 0.3 is 6.03 Å². The van der Waals surface area contributed by atoms with Gasteiger partial charge in [0, 0.05) is 31.6 Å². The molecule has 3 heterocycles. The molecule has 6 nitrogen and oxygen atoms in total. The highest BCUT2D eigenvalue weighted by Gasteiger charge is 2.28. The van der Waals surface area contributed by atoms with Crippen LogP contribution in [0.3, 0.4) is 0 Å². The van der Waals surface area contributed by atoms with E-state index in [1.165, 1.54) is 0 Å². The van der Waals surface area contributed by atoms with Crippen LogP contribution in [0.25, 0.3) is 0 Å². The Morgan fingerprint density at radius 3 is 2.78 bits per heavy atom. The Labute approximate surface area is 135 Å². The van der Waals surface area contributed by atoms with Crippen molar-refractivity contribution in [2.45, 2.75) is 25.5 Å². The smallest absolute Gasteiger partial charge is 0.318 e. The number of rotatable bonds is 4. The quantitative estimate of drug-likeness (QED) is 0.941. The molecule has 3 rings (SSSR count). The van der Waals surface area contributed by atoms with E-state index in [1.807, 2.05) is 31.2 Å². The van der Waals surface area contributed by atoms with Crippen molar-refractivity contribution in [3.05, 3.63) is 54.6 Å². The summed E-state index contributed by atoms with van der Waals surface area (Å²) in [6, 6.07) is 7.39. The van der Waals surface area contributed by atoms with E-state index < -0.39 is 0 Å². The third-order valence-electron chi connectivity index (χ3n) is 3.89. The minimum absolute atomic E-state index is 0.0126. The number of urea groups is 1. The number of carbonyl (C=O) groups is 1. The van der Waals surface area contributed by atoms with E-state index >= 15 is 0 Å². The molecule has 0 unspecified atom stereocenters. The monoisotopic (exact) mass is 312 g/mol. The lowest BCUT2D eigenvalue weighted by atomic mass is 10.1. The minimum atomic E-state index is -0.0745. The maximum atomic E-state index is 12.4. The summed E-state index contributed by atoms with van der Waals surface area (Å²) in [7, 11) is 0. The van der Waals surface area contributed by atoms with Crippen molar-refractivity contribution in [3.63, 3.8) is 0 Å². The zero-order chi connectivity index (χ0) is 16.1. The lowest BCUT2D eigenvalue weighted by molar-refractivity contribution is 0.184. The van der Waals surface area contributed by atoms with Crippen molar-refractivity contribution in [1.82, 2.24) is 20.2 Å². The highest BCUT2D eigenvalue weighted by molar-refractivity contribution is 5.75. The summed E-state index contributed by atoms with van der Waals surface area (Å²) >= 11 is 0. The SMILES string of the molecule is C[C@@H](NC(=O)N1CC[C@@H](Oc2cccnc2)C1)c1cccnc1. The molecule has 1 aliphatic heterocycles. The molecule has 120 valence electrons. The van der Waals surface area contributed by atoms with Crippen LogP contribution in [-0.4, -0.2) is 40.1 Å². The molecule has 2 aromatic heterocycles. The van der Waals surface area contributed by atoms with E-state index in [4.69, 9.17) is 4.74 Å². The van der Waals surface area contributed by atoms with E-state index in [-0.39, 0.29) is 18.2 Å². The maximum Gasteiger partial charge on any atom is 0.318 e. The molecule has 0 bridgehead atoms. The average Bonchev–Trinajstić information content (AvgIpc) is 3.05. The van der Waals surface area contributed by atoms with E-state index in [1.54, 1.807) is 29.7 Å². The van der Waals surface area contributed by atoms with Crippen molar-refractivity contribution in [2.24, 2.45) is 0 Å². The number of hydrogen-bond donors (Lipinski definition) is 1. The van der Waals surface area contributed by atoms with Crippen LogP contribution in [0.2, 0.25) is 0 Å². The first-order chi connectivity index (χ1) is 11.2. The third-order valence-corrected chi connectivity index (χ3v) is 3.89. The predicted octanol–water partition coefficient (Wildman–Crippen LogP) is 2.40. The van der Waals surface area contributed by atoms with Gasteiger partial charge in [-0.3, -0.25) is 9.97 Å². The third kappa shape index (κ3) is 3.97. The molecule has 1 saturated heterocycles. The fourth-order valence-electron chi connectivity index (χ4n) is 2.61. The second-order valence-electron chi connectivity index (χ2n) is 5.62. The van der Waals surface area contributed by atoms with Gasteiger partial charge in [-0.15, -0.1) is 0 Å². The number of aromatic nitrogens is 2. The molecule has 0 radical (unpaired) electrons. The molecule has 2 amide bonds. The van der Waals surface area contributed by atoms with Crippen molar-refractivity contribution in [3.8, 4) is 5.75 Å². The molecule has 1 aliphatic rings. The number of nitrogens with one attached hydrogen (secondary N) is 1. The Balaban J connectivity index is 1.51. The lowest BCUT2D eigenvalue weighted by Crippen LogP contribution is -2.40. The first-order valence-electron chi connectivity index (χ1n) is 7.74. The molecule has 1 N–H and O–H groups in total. The number of pyridine rings is 2. The van der Waals surface area contributed by atoms with Crippen molar-refractivity contribution >= 4 is 6.03 Å². The molecule has 0 aliphatic carbocycles. The Bertz CT molecular complexity index is 636. The van der Waals surface area contributed by atoms with E-state index in [0.717, 1.165) is 17.7 Å². The number of likely N-dealkylation sites (tertiary alicyclic amines) is 1. The summed E-state index contributed by atoms with van der Waals surface area (Å²) in [6.45, 7) is 3.23. The van der Waals surface area contributed by atoms with Crippen LogP contribution < -0.4 is 10.1 Å². The van der Waals surface area contributed by atoms with Gasteiger partial charge in [-0.1, -0.05) is 6.07 Å². The van der Waals surface area contributed by atoms with Crippen LogP contribution in [0, 0.1) is 0 Å². The van der Waals surface area contributed by atoms with Gasteiger partial charge in [0.25, 0.3) is 0 Å². The number of carbonyl (C=O) groups excluding carboxylic acids is 1. The summed E-state index contributed by atoms with van der Waals surface area (Å²) < 4.78 is 5.85. The van der Waals surface area contributed by atoms with Gasteiger partial charge in [-0.2, -0.15) is 0 Å². The van der Waals surface area contributed by atoms with Gasteiger partial charge in [0.1, 0.15) is 11.9 Å². The van der Waals surface area contributed by atoms with Crippen LogP contribution >= 0.6 is 0 Å². The largest absolute Gasteiger partial charge is 0.487 e. The first-order valence-corrected chi connectivity index (χ1v) is 7.74. The van der Waals surface area contributed by atoms with Crippen LogP contribution in [0.5, 0.6) is 5.75 Å². The summed E-state index contributed by atoms with van der Waals surface area (Å²) in [5.74, 6) is 0.739. The normalized spacial score (nSPS) is 18.5. The van der Waals surface area contributed by atoms with Gasteiger partial charge in [0.2, 0.25) is 0 Å². The molecule has 1 fully saturated rings. The molecule has 0 aromatic carbocycles. The van der Waals surface area contributed by atoms with Crippen LogP contribution in [0.4, 0.5) is 4.79 Å². The highest BCUT2D eigenvalue weighted by Crippen LogP contribution is 2.18. The second kappa shape index (κ2) is 7.09. The number of ether oxygens (including phenoxy) is 1.